The fraction of sp³-hybridized carbons (Fsp3) is 0.487. The van der Waals surface area contributed by atoms with Crippen LogP contribution in [0.2, 0.25) is 0 Å². The zero-order chi connectivity index (χ0) is 32.1. The van der Waals surface area contributed by atoms with Crippen LogP contribution < -0.4 is 10.7 Å². The predicted molar refractivity (Wildman–Crippen MR) is 187 cm³/mol. The van der Waals surface area contributed by atoms with Crippen molar-refractivity contribution in [3.63, 3.8) is 0 Å². The normalized spacial score (nSPS) is 14.5. The minimum Gasteiger partial charge on any atom is -0.444 e. The number of unbranched alkanes of at least 4 members (excludes halogenated alkanes) is 6. The molecule has 0 spiro atoms. The molecule has 1 atom stereocenters. The molecule has 0 aliphatic carbocycles. The summed E-state index contributed by atoms with van der Waals surface area (Å²) in [5.74, 6) is -0.432. The van der Waals surface area contributed by atoms with Crippen molar-refractivity contribution in [1.29, 1.82) is 0 Å². The van der Waals surface area contributed by atoms with Gasteiger partial charge in [0.05, 0.1) is 11.2 Å². The molecule has 2 heterocycles. The van der Waals surface area contributed by atoms with E-state index in [1.807, 2.05) is 24.3 Å². The van der Waals surface area contributed by atoms with Gasteiger partial charge in [0.2, 0.25) is 0 Å². The summed E-state index contributed by atoms with van der Waals surface area (Å²) in [5.41, 5.74) is 5.89. The number of aromatic nitrogens is 1. The van der Waals surface area contributed by atoms with Crippen molar-refractivity contribution in [1.82, 2.24) is 9.47 Å². The van der Waals surface area contributed by atoms with Crippen LogP contribution in [0.1, 0.15) is 83.6 Å². The van der Waals surface area contributed by atoms with E-state index in [0.717, 1.165) is 57.7 Å². The number of fused-ring (bicyclic) bond motifs is 1. The zero-order valence-electron chi connectivity index (χ0n) is 27.8. The van der Waals surface area contributed by atoms with Crippen LogP contribution >= 0.6 is 0 Å². The van der Waals surface area contributed by atoms with Crippen molar-refractivity contribution < 1.29 is 13.9 Å². The SMILES string of the molecule is CCCCCCCCCC(CC)CC(=O)OCn1c(=O)oc2c(N3CCN(Cc4cccc(-c5ccccc5)c4)CC3)cccc21. The molecule has 0 N–H and O–H groups in total. The molecule has 0 bridgehead atoms. The molecule has 0 saturated carbocycles. The van der Waals surface area contributed by atoms with E-state index in [1.54, 1.807) is 0 Å². The summed E-state index contributed by atoms with van der Waals surface area (Å²) in [6, 6.07) is 25.1. The smallest absolute Gasteiger partial charge is 0.422 e. The second-order valence-corrected chi connectivity index (χ2v) is 12.8. The number of benzene rings is 3. The number of anilines is 1. The monoisotopic (exact) mass is 625 g/mol. The first-order chi connectivity index (χ1) is 22.6. The molecule has 3 aromatic carbocycles. The number of rotatable bonds is 17. The minimum atomic E-state index is -0.498. The van der Waals surface area contributed by atoms with Gasteiger partial charge in [0.15, 0.2) is 12.3 Å². The Morgan fingerprint density at radius 1 is 0.826 bits per heavy atom. The number of nitrogens with zero attached hydrogens (tertiary/aromatic N) is 3. The molecular weight excluding hydrogens is 574 g/mol. The van der Waals surface area contributed by atoms with Gasteiger partial charge >= 0.3 is 11.7 Å². The van der Waals surface area contributed by atoms with Gasteiger partial charge in [-0.1, -0.05) is 120 Å². The number of carbonyl (C=O) groups is 1. The number of para-hydroxylation sites is 1. The Kier molecular flexibility index (Phi) is 12.5. The van der Waals surface area contributed by atoms with Gasteiger partial charge in [-0.15, -0.1) is 0 Å². The van der Waals surface area contributed by atoms with E-state index in [4.69, 9.17) is 9.15 Å². The third-order valence-electron chi connectivity index (χ3n) is 9.43. The molecule has 1 unspecified atom stereocenters. The standard InChI is InChI=1S/C39H51N3O4/c1-3-5-6-7-8-9-11-16-31(4-2)28-37(43)45-30-42-36-22-15-21-35(38(36)46-39(42)44)41-25-23-40(24-26-41)29-32-17-14-20-34(27-32)33-18-12-10-13-19-33/h10,12-15,17-22,27,31H,3-9,11,16,23-26,28-30H2,1-2H3. The lowest BCUT2D eigenvalue weighted by atomic mass is 9.95. The fourth-order valence-corrected chi connectivity index (χ4v) is 6.60. The van der Waals surface area contributed by atoms with E-state index in [1.165, 1.54) is 59.8 Å². The lowest BCUT2D eigenvalue weighted by molar-refractivity contribution is -0.148. The van der Waals surface area contributed by atoms with E-state index in [9.17, 15) is 9.59 Å². The summed E-state index contributed by atoms with van der Waals surface area (Å²) < 4.78 is 12.8. The van der Waals surface area contributed by atoms with E-state index in [-0.39, 0.29) is 12.7 Å². The summed E-state index contributed by atoms with van der Waals surface area (Å²) >= 11 is 0. The Bertz CT molecular complexity index is 1570. The number of hydrogen-bond donors (Lipinski definition) is 0. The van der Waals surface area contributed by atoms with Crippen molar-refractivity contribution in [2.75, 3.05) is 31.1 Å². The van der Waals surface area contributed by atoms with Gasteiger partial charge < -0.3 is 14.1 Å². The van der Waals surface area contributed by atoms with Crippen LogP contribution in [0.15, 0.2) is 82.0 Å². The molecule has 0 radical (unpaired) electrons. The molecular formula is C39H51N3O4. The fourth-order valence-electron chi connectivity index (χ4n) is 6.60. The summed E-state index contributed by atoms with van der Waals surface area (Å²) in [5, 5.41) is 0. The van der Waals surface area contributed by atoms with Crippen LogP contribution in [0.25, 0.3) is 22.2 Å². The lowest BCUT2D eigenvalue weighted by Crippen LogP contribution is -2.46. The number of piperazine rings is 1. The average molecular weight is 626 g/mol. The van der Waals surface area contributed by atoms with Crippen molar-refractivity contribution >= 4 is 22.8 Å². The van der Waals surface area contributed by atoms with Gasteiger partial charge in [-0.2, -0.15) is 0 Å². The zero-order valence-corrected chi connectivity index (χ0v) is 27.8. The highest BCUT2D eigenvalue weighted by Crippen LogP contribution is 2.28. The quantitative estimate of drug-likeness (QED) is 0.0864. The third kappa shape index (κ3) is 9.12. The van der Waals surface area contributed by atoms with Crippen LogP contribution in [0.4, 0.5) is 5.69 Å². The Morgan fingerprint density at radius 2 is 1.54 bits per heavy atom. The molecule has 1 aromatic heterocycles. The van der Waals surface area contributed by atoms with Crippen LogP contribution in [-0.4, -0.2) is 41.6 Å². The van der Waals surface area contributed by atoms with Crippen LogP contribution in [0.5, 0.6) is 0 Å². The Hall–Kier alpha value is -3.84. The maximum Gasteiger partial charge on any atom is 0.422 e. The van der Waals surface area contributed by atoms with Crippen molar-refractivity contribution in [2.24, 2.45) is 5.92 Å². The van der Waals surface area contributed by atoms with E-state index in [2.05, 4.69) is 72.2 Å². The maximum atomic E-state index is 12.9. The van der Waals surface area contributed by atoms with Gasteiger partial charge in [-0.3, -0.25) is 9.69 Å². The van der Waals surface area contributed by atoms with Crippen molar-refractivity contribution in [2.45, 2.75) is 91.3 Å². The van der Waals surface area contributed by atoms with Gasteiger partial charge in [0.25, 0.3) is 0 Å². The third-order valence-corrected chi connectivity index (χ3v) is 9.43. The van der Waals surface area contributed by atoms with E-state index >= 15 is 0 Å². The second kappa shape index (κ2) is 17.2. The molecule has 1 saturated heterocycles. The molecule has 7 heteroatoms. The molecule has 4 aromatic rings. The molecule has 5 rings (SSSR count). The number of carbonyl (C=O) groups excluding carboxylic acids is 1. The molecule has 1 aliphatic heterocycles. The van der Waals surface area contributed by atoms with E-state index < -0.39 is 5.76 Å². The number of ether oxygens (including phenoxy) is 1. The minimum absolute atomic E-state index is 0.127. The summed E-state index contributed by atoms with van der Waals surface area (Å²) in [6.07, 6.45) is 11.3. The van der Waals surface area contributed by atoms with Crippen LogP contribution in [0, 0.1) is 5.92 Å². The highest BCUT2D eigenvalue weighted by Gasteiger charge is 2.23. The molecule has 246 valence electrons. The maximum absolute atomic E-state index is 12.9. The number of oxazole rings is 1. The molecule has 1 aliphatic rings. The second-order valence-electron chi connectivity index (χ2n) is 12.8. The number of hydrogen-bond acceptors (Lipinski definition) is 6. The van der Waals surface area contributed by atoms with Crippen LogP contribution in [0.3, 0.4) is 0 Å². The van der Waals surface area contributed by atoms with Crippen LogP contribution in [-0.2, 0) is 22.8 Å². The van der Waals surface area contributed by atoms with Gasteiger partial charge in [0, 0.05) is 39.1 Å². The first kappa shape index (κ1) is 33.5. The Morgan fingerprint density at radius 3 is 2.30 bits per heavy atom. The first-order valence-corrected chi connectivity index (χ1v) is 17.4. The summed E-state index contributed by atoms with van der Waals surface area (Å²) in [4.78, 5) is 30.4. The van der Waals surface area contributed by atoms with Gasteiger partial charge in [0.1, 0.15) is 0 Å². The summed E-state index contributed by atoms with van der Waals surface area (Å²) in [7, 11) is 0. The highest BCUT2D eigenvalue weighted by molar-refractivity contribution is 5.87. The summed E-state index contributed by atoms with van der Waals surface area (Å²) in [6.45, 7) is 8.63. The Labute approximate surface area is 274 Å². The lowest BCUT2D eigenvalue weighted by Gasteiger charge is -2.36. The molecule has 1 fully saturated rings. The molecule has 46 heavy (non-hydrogen) atoms. The molecule has 0 amide bonds. The molecule has 7 nitrogen and oxygen atoms in total. The van der Waals surface area contributed by atoms with Gasteiger partial charge in [-0.25, -0.2) is 9.36 Å². The Balaban J connectivity index is 1.12. The largest absolute Gasteiger partial charge is 0.444 e. The van der Waals surface area contributed by atoms with Crippen molar-refractivity contribution in [3.8, 4) is 11.1 Å². The van der Waals surface area contributed by atoms with Gasteiger partial charge in [-0.05, 0) is 47.2 Å². The van der Waals surface area contributed by atoms with E-state index in [0.29, 0.717) is 23.4 Å². The highest BCUT2D eigenvalue weighted by atomic mass is 16.5. The van der Waals surface area contributed by atoms with Crippen molar-refractivity contribution in [3.05, 3.63) is 88.9 Å². The number of esters is 1. The average Bonchev–Trinajstić information content (AvgIpc) is 3.42. The predicted octanol–water partition coefficient (Wildman–Crippen LogP) is 8.64. The topological polar surface area (TPSA) is 67.9 Å². The first-order valence-electron chi connectivity index (χ1n) is 17.4.